The quantitative estimate of drug-likeness (QED) is 0.468. The highest BCUT2D eigenvalue weighted by molar-refractivity contribution is 4.97. The first-order chi connectivity index (χ1) is 15.5. The molecular formula is C29H52O3. The molecule has 4 aliphatic carbocycles. The number of hydrogen-bond donors (Lipinski definition) is 2. The van der Waals surface area contributed by atoms with Crippen molar-refractivity contribution in [2.45, 2.75) is 129 Å². The summed E-state index contributed by atoms with van der Waals surface area (Å²) in [5.41, 5.74) is 0.347. The van der Waals surface area contributed by atoms with Crippen molar-refractivity contribution < 1.29 is 14.9 Å². The highest BCUT2D eigenvalue weighted by atomic mass is 16.6. The Morgan fingerprint density at radius 1 is 0.562 bits per heavy atom. The lowest BCUT2D eigenvalue weighted by atomic mass is 9.55. The maximum atomic E-state index is 10.8. The largest absolute Gasteiger partial charge is 0.393 e. The van der Waals surface area contributed by atoms with Gasteiger partial charge >= 0.3 is 0 Å². The first-order valence-corrected chi connectivity index (χ1v) is 14.4. The van der Waals surface area contributed by atoms with Crippen LogP contribution >= 0.6 is 0 Å². The van der Waals surface area contributed by atoms with Gasteiger partial charge in [-0.3, -0.25) is 0 Å². The van der Waals surface area contributed by atoms with E-state index in [-0.39, 0.29) is 12.2 Å². The van der Waals surface area contributed by atoms with Crippen LogP contribution in [0.4, 0.5) is 0 Å². The van der Waals surface area contributed by atoms with Gasteiger partial charge in [0.15, 0.2) is 0 Å². The second-order valence-electron chi connectivity index (χ2n) is 12.7. The van der Waals surface area contributed by atoms with Gasteiger partial charge in [0.2, 0.25) is 0 Å². The Balaban J connectivity index is 0.000000754. The molecule has 0 bridgehead atoms. The topological polar surface area (TPSA) is 53.0 Å². The van der Waals surface area contributed by atoms with Crippen LogP contribution in [0.25, 0.3) is 0 Å². The molecule has 5 rings (SSSR count). The van der Waals surface area contributed by atoms with Crippen LogP contribution < -0.4 is 0 Å². The monoisotopic (exact) mass is 448 g/mol. The van der Waals surface area contributed by atoms with Gasteiger partial charge < -0.3 is 14.9 Å². The Kier molecular flexibility index (Phi) is 9.01. The van der Waals surface area contributed by atoms with E-state index >= 15 is 0 Å². The van der Waals surface area contributed by atoms with Gasteiger partial charge in [-0.05, 0) is 79.4 Å². The molecule has 3 heteroatoms. The van der Waals surface area contributed by atoms with Crippen molar-refractivity contribution >= 4 is 0 Å². The molecule has 5 fully saturated rings. The molecule has 32 heavy (non-hydrogen) atoms. The van der Waals surface area contributed by atoms with Crippen molar-refractivity contribution in [2.75, 3.05) is 13.2 Å². The van der Waals surface area contributed by atoms with Crippen LogP contribution in [0, 0.1) is 40.9 Å². The molecular weight excluding hydrogens is 396 g/mol. The van der Waals surface area contributed by atoms with Crippen LogP contribution in [0.5, 0.6) is 0 Å². The Hall–Kier alpha value is -0.120. The SMILES string of the molecule is C1CO1.CC(C)(C1CCC(O)C(C2CCCCC2)C1)C1CCC(O)C(C2CCCCC2)C1. The molecule has 0 aromatic carbocycles. The highest BCUT2D eigenvalue weighted by Crippen LogP contribution is 2.53. The fraction of sp³-hybridized carbons (Fsp3) is 1.00. The summed E-state index contributed by atoms with van der Waals surface area (Å²) < 4.78 is 4.50. The molecule has 4 saturated carbocycles. The zero-order valence-electron chi connectivity index (χ0n) is 21.1. The van der Waals surface area contributed by atoms with E-state index in [4.69, 9.17) is 0 Å². The molecule has 0 radical (unpaired) electrons. The Morgan fingerprint density at radius 3 is 1.28 bits per heavy atom. The first kappa shape index (κ1) is 25.0. The molecule has 0 aromatic rings. The predicted octanol–water partition coefficient (Wildman–Crippen LogP) is 6.74. The fourth-order valence-corrected chi connectivity index (χ4v) is 8.20. The lowest BCUT2D eigenvalue weighted by Crippen LogP contribution is -2.45. The average molecular weight is 449 g/mol. The third kappa shape index (κ3) is 6.30. The average Bonchev–Trinajstić information content (AvgIpc) is 3.70. The Morgan fingerprint density at radius 2 is 0.938 bits per heavy atom. The number of rotatable bonds is 4. The highest BCUT2D eigenvalue weighted by Gasteiger charge is 2.46. The molecule has 1 aliphatic heterocycles. The lowest BCUT2D eigenvalue weighted by molar-refractivity contribution is -0.0645. The van der Waals surface area contributed by atoms with Crippen molar-refractivity contribution in [3.63, 3.8) is 0 Å². The Labute approximate surface area is 198 Å². The van der Waals surface area contributed by atoms with Crippen molar-refractivity contribution in [1.29, 1.82) is 0 Å². The fourth-order valence-electron chi connectivity index (χ4n) is 8.20. The van der Waals surface area contributed by atoms with E-state index in [0.29, 0.717) is 17.3 Å². The molecule has 186 valence electrons. The number of aliphatic hydroxyl groups excluding tert-OH is 2. The number of epoxide rings is 1. The number of aliphatic hydroxyl groups is 2. The zero-order valence-corrected chi connectivity index (χ0v) is 21.1. The first-order valence-electron chi connectivity index (χ1n) is 14.4. The molecule has 2 N–H and O–H groups in total. The summed E-state index contributed by atoms with van der Waals surface area (Å²) in [6, 6.07) is 0. The van der Waals surface area contributed by atoms with Gasteiger partial charge in [0.25, 0.3) is 0 Å². The smallest absolute Gasteiger partial charge is 0.0701 e. The van der Waals surface area contributed by atoms with E-state index in [1.54, 1.807) is 0 Å². The summed E-state index contributed by atoms with van der Waals surface area (Å²) in [6.07, 6.45) is 20.6. The van der Waals surface area contributed by atoms with Crippen molar-refractivity contribution in [1.82, 2.24) is 0 Å². The lowest BCUT2D eigenvalue weighted by Gasteiger charge is -2.51. The second-order valence-corrected chi connectivity index (χ2v) is 12.7. The molecule has 0 spiro atoms. The summed E-state index contributed by atoms with van der Waals surface area (Å²) in [5.74, 6) is 4.17. The summed E-state index contributed by atoms with van der Waals surface area (Å²) in [6.45, 7) is 7.10. The third-order valence-corrected chi connectivity index (χ3v) is 10.5. The van der Waals surface area contributed by atoms with Crippen molar-refractivity contribution in [2.24, 2.45) is 40.9 Å². The van der Waals surface area contributed by atoms with E-state index in [2.05, 4.69) is 18.6 Å². The minimum absolute atomic E-state index is 0.0479. The number of ether oxygens (including phenoxy) is 1. The molecule has 3 nitrogen and oxygen atoms in total. The second kappa shape index (κ2) is 11.5. The van der Waals surface area contributed by atoms with Crippen molar-refractivity contribution in [3.8, 4) is 0 Å². The van der Waals surface area contributed by atoms with Crippen LogP contribution in [0.3, 0.4) is 0 Å². The van der Waals surface area contributed by atoms with Gasteiger partial charge in [0, 0.05) is 0 Å². The molecule has 6 unspecified atom stereocenters. The van der Waals surface area contributed by atoms with Crippen molar-refractivity contribution in [3.05, 3.63) is 0 Å². The van der Waals surface area contributed by atoms with Gasteiger partial charge in [-0.2, -0.15) is 0 Å². The van der Waals surface area contributed by atoms with Gasteiger partial charge in [0.05, 0.1) is 25.4 Å². The van der Waals surface area contributed by atoms with Crippen LogP contribution in [0.2, 0.25) is 0 Å². The maximum Gasteiger partial charge on any atom is 0.0701 e. The number of hydrogen-bond acceptors (Lipinski definition) is 3. The molecule has 6 atom stereocenters. The van der Waals surface area contributed by atoms with E-state index in [1.165, 1.54) is 89.9 Å². The molecule has 5 aliphatic rings. The zero-order chi connectivity index (χ0) is 22.6. The molecule has 0 aromatic heterocycles. The summed E-state index contributed by atoms with van der Waals surface area (Å²) >= 11 is 0. The maximum absolute atomic E-state index is 10.8. The van der Waals surface area contributed by atoms with E-state index < -0.39 is 0 Å². The standard InChI is InChI=1S/C27H48O2.C2H4O/c1-27(2,21-13-15-25(28)23(17-21)19-9-5-3-6-10-19)22-14-16-26(29)24(18-22)20-11-7-4-8-12-20;1-2-3-1/h19-26,28-29H,3-18H2,1-2H3;1-2H2. The normalized spacial score (nSPS) is 39.8. The molecule has 0 amide bonds. The van der Waals surface area contributed by atoms with Gasteiger partial charge in [-0.15, -0.1) is 0 Å². The third-order valence-electron chi connectivity index (χ3n) is 10.5. The van der Waals surface area contributed by atoms with E-state index in [0.717, 1.165) is 49.7 Å². The van der Waals surface area contributed by atoms with Gasteiger partial charge in [-0.1, -0.05) is 78.1 Å². The van der Waals surface area contributed by atoms with Gasteiger partial charge in [0.1, 0.15) is 0 Å². The minimum Gasteiger partial charge on any atom is -0.393 e. The molecule has 1 saturated heterocycles. The Bertz CT molecular complexity index is 500. The van der Waals surface area contributed by atoms with Crippen LogP contribution in [0.1, 0.15) is 117 Å². The van der Waals surface area contributed by atoms with E-state index in [1.807, 2.05) is 0 Å². The van der Waals surface area contributed by atoms with Gasteiger partial charge in [-0.25, -0.2) is 0 Å². The van der Waals surface area contributed by atoms with E-state index in [9.17, 15) is 10.2 Å². The summed E-state index contributed by atoms with van der Waals surface area (Å²) in [4.78, 5) is 0. The minimum atomic E-state index is -0.0479. The summed E-state index contributed by atoms with van der Waals surface area (Å²) in [5, 5.41) is 21.7. The summed E-state index contributed by atoms with van der Waals surface area (Å²) in [7, 11) is 0. The molecule has 1 heterocycles. The van der Waals surface area contributed by atoms with Crippen LogP contribution in [-0.2, 0) is 4.74 Å². The van der Waals surface area contributed by atoms with Crippen LogP contribution in [-0.4, -0.2) is 35.6 Å². The van der Waals surface area contributed by atoms with Crippen LogP contribution in [0.15, 0.2) is 0 Å². The predicted molar refractivity (Wildman–Crippen MR) is 131 cm³/mol.